The summed E-state index contributed by atoms with van der Waals surface area (Å²) in [6.45, 7) is 3.54. The van der Waals surface area contributed by atoms with Crippen LogP contribution in [0.1, 0.15) is 21.5 Å². The molecule has 0 amide bonds. The Hall–Kier alpha value is -2.33. The smallest absolute Gasteiger partial charge is 0.153 e. The fraction of sp³-hybridized carbons (Fsp3) is 0.316. The molecule has 0 spiro atoms. The third kappa shape index (κ3) is 3.71. The summed E-state index contributed by atoms with van der Waals surface area (Å²) in [7, 11) is 1.55. The number of carbonyl (C=O) groups is 1. The van der Waals surface area contributed by atoms with Crippen molar-refractivity contribution in [1.82, 2.24) is 4.90 Å². The van der Waals surface area contributed by atoms with Crippen molar-refractivity contribution >= 4 is 6.29 Å². The first-order valence-corrected chi connectivity index (χ1v) is 7.85. The zero-order valence-corrected chi connectivity index (χ0v) is 13.3. The molecule has 0 atom stereocenters. The first-order valence-electron chi connectivity index (χ1n) is 7.85. The van der Waals surface area contributed by atoms with Gasteiger partial charge >= 0.3 is 0 Å². The predicted octanol–water partition coefficient (Wildman–Crippen LogP) is 2.94. The van der Waals surface area contributed by atoms with Crippen LogP contribution in [0, 0.1) is 0 Å². The van der Waals surface area contributed by atoms with Gasteiger partial charge in [0.15, 0.2) is 6.29 Å². The monoisotopic (exact) mass is 311 g/mol. The van der Waals surface area contributed by atoms with Crippen molar-refractivity contribution in [3.05, 3.63) is 59.2 Å². The van der Waals surface area contributed by atoms with E-state index in [1.807, 2.05) is 0 Å². The summed E-state index contributed by atoms with van der Waals surface area (Å²) in [4.78, 5) is 13.3. The maximum Gasteiger partial charge on any atom is 0.153 e. The van der Waals surface area contributed by atoms with E-state index in [1.165, 1.54) is 11.1 Å². The first kappa shape index (κ1) is 15.6. The Bertz CT molecular complexity index is 684. The van der Waals surface area contributed by atoms with Gasteiger partial charge in [-0.15, -0.1) is 0 Å². The summed E-state index contributed by atoms with van der Waals surface area (Å²) in [6, 6.07) is 13.9. The lowest BCUT2D eigenvalue weighted by molar-refractivity contribution is 0.112. The van der Waals surface area contributed by atoms with Crippen LogP contribution in [0.4, 0.5) is 0 Å². The number of rotatable bonds is 6. The molecule has 0 saturated carbocycles. The zero-order valence-electron chi connectivity index (χ0n) is 13.3. The van der Waals surface area contributed by atoms with Crippen LogP contribution in [0.3, 0.4) is 0 Å². The highest BCUT2D eigenvalue weighted by atomic mass is 16.5. The summed E-state index contributed by atoms with van der Waals surface area (Å²) in [6.07, 6.45) is 1.88. The van der Waals surface area contributed by atoms with Crippen LogP contribution in [0.2, 0.25) is 0 Å². The number of hydrogen-bond donors (Lipinski definition) is 0. The Balaban J connectivity index is 1.53. The molecule has 1 aliphatic rings. The Labute approximate surface area is 136 Å². The van der Waals surface area contributed by atoms with Gasteiger partial charge in [0.1, 0.15) is 18.1 Å². The van der Waals surface area contributed by atoms with Crippen LogP contribution in [-0.2, 0) is 13.0 Å². The van der Waals surface area contributed by atoms with Gasteiger partial charge in [-0.1, -0.05) is 24.3 Å². The molecule has 2 aromatic carbocycles. The maximum atomic E-state index is 10.9. The molecular formula is C19H21NO3. The Morgan fingerprint density at radius 1 is 1.17 bits per heavy atom. The van der Waals surface area contributed by atoms with E-state index in [2.05, 4.69) is 29.2 Å². The molecule has 0 N–H and O–H groups in total. The number of methoxy groups -OCH3 is 1. The summed E-state index contributed by atoms with van der Waals surface area (Å²) in [5.74, 6) is 1.27. The predicted molar refractivity (Wildman–Crippen MR) is 89.3 cm³/mol. The van der Waals surface area contributed by atoms with E-state index in [1.54, 1.807) is 25.3 Å². The minimum absolute atomic E-state index is 0.535. The molecule has 3 rings (SSSR count). The summed E-state index contributed by atoms with van der Waals surface area (Å²) in [5, 5.41) is 0. The molecule has 4 heteroatoms. The molecule has 0 saturated heterocycles. The van der Waals surface area contributed by atoms with E-state index in [0.717, 1.165) is 38.1 Å². The molecule has 2 aromatic rings. The van der Waals surface area contributed by atoms with Crippen molar-refractivity contribution in [3.63, 3.8) is 0 Å². The number of hydrogen-bond acceptors (Lipinski definition) is 4. The summed E-state index contributed by atoms with van der Waals surface area (Å²) >= 11 is 0. The lowest BCUT2D eigenvalue weighted by atomic mass is 10.0. The van der Waals surface area contributed by atoms with E-state index in [-0.39, 0.29) is 0 Å². The van der Waals surface area contributed by atoms with E-state index >= 15 is 0 Å². The van der Waals surface area contributed by atoms with Crippen molar-refractivity contribution in [2.75, 3.05) is 26.8 Å². The summed E-state index contributed by atoms with van der Waals surface area (Å²) in [5.41, 5.74) is 3.40. The van der Waals surface area contributed by atoms with Gasteiger partial charge in [0, 0.05) is 25.7 Å². The third-order valence-corrected chi connectivity index (χ3v) is 4.22. The highest BCUT2D eigenvalue weighted by Gasteiger charge is 2.15. The average Bonchev–Trinajstić information content (AvgIpc) is 2.61. The van der Waals surface area contributed by atoms with E-state index in [4.69, 9.17) is 9.47 Å². The molecule has 1 heterocycles. The molecule has 0 aliphatic carbocycles. The van der Waals surface area contributed by atoms with Crippen LogP contribution < -0.4 is 9.47 Å². The van der Waals surface area contributed by atoms with Gasteiger partial charge in [0.25, 0.3) is 0 Å². The largest absolute Gasteiger partial charge is 0.496 e. The second kappa shape index (κ2) is 7.29. The minimum Gasteiger partial charge on any atom is -0.496 e. The van der Waals surface area contributed by atoms with E-state index in [0.29, 0.717) is 17.9 Å². The SMILES string of the molecule is COc1cc(OCCN2CCc3ccccc3C2)ccc1C=O. The maximum absolute atomic E-state index is 10.9. The molecule has 120 valence electrons. The third-order valence-electron chi connectivity index (χ3n) is 4.22. The molecule has 23 heavy (non-hydrogen) atoms. The summed E-state index contributed by atoms with van der Waals surface area (Å²) < 4.78 is 11.0. The topological polar surface area (TPSA) is 38.8 Å². The lowest BCUT2D eigenvalue weighted by Crippen LogP contribution is -2.33. The van der Waals surface area contributed by atoms with Crippen LogP contribution in [-0.4, -0.2) is 38.0 Å². The number of carbonyl (C=O) groups excluding carboxylic acids is 1. The minimum atomic E-state index is 0.535. The van der Waals surface area contributed by atoms with Crippen molar-refractivity contribution in [2.24, 2.45) is 0 Å². The lowest BCUT2D eigenvalue weighted by Gasteiger charge is -2.28. The zero-order chi connectivity index (χ0) is 16.1. The van der Waals surface area contributed by atoms with Gasteiger partial charge in [0.05, 0.1) is 12.7 Å². The van der Waals surface area contributed by atoms with Crippen molar-refractivity contribution in [2.45, 2.75) is 13.0 Å². The Morgan fingerprint density at radius 2 is 2.00 bits per heavy atom. The van der Waals surface area contributed by atoms with Gasteiger partial charge < -0.3 is 9.47 Å². The van der Waals surface area contributed by atoms with Crippen LogP contribution in [0.15, 0.2) is 42.5 Å². The van der Waals surface area contributed by atoms with Crippen molar-refractivity contribution in [3.8, 4) is 11.5 Å². The fourth-order valence-corrected chi connectivity index (χ4v) is 2.92. The van der Waals surface area contributed by atoms with E-state index in [9.17, 15) is 4.79 Å². The van der Waals surface area contributed by atoms with Crippen LogP contribution in [0.5, 0.6) is 11.5 Å². The Kier molecular flexibility index (Phi) is 4.93. The fourth-order valence-electron chi connectivity index (χ4n) is 2.92. The molecular weight excluding hydrogens is 290 g/mol. The van der Waals surface area contributed by atoms with Crippen LogP contribution >= 0.6 is 0 Å². The molecule has 4 nitrogen and oxygen atoms in total. The van der Waals surface area contributed by atoms with Gasteiger partial charge in [-0.2, -0.15) is 0 Å². The number of benzene rings is 2. The molecule has 0 unspecified atom stereocenters. The molecule has 0 radical (unpaired) electrons. The second-order valence-corrected chi connectivity index (χ2v) is 5.66. The molecule has 1 aliphatic heterocycles. The van der Waals surface area contributed by atoms with Gasteiger partial charge in [-0.25, -0.2) is 0 Å². The Morgan fingerprint density at radius 3 is 2.78 bits per heavy atom. The average molecular weight is 311 g/mol. The first-order chi connectivity index (χ1) is 11.3. The highest BCUT2D eigenvalue weighted by molar-refractivity contribution is 5.79. The van der Waals surface area contributed by atoms with Crippen molar-refractivity contribution in [1.29, 1.82) is 0 Å². The molecule has 0 aromatic heterocycles. The van der Waals surface area contributed by atoms with Crippen LogP contribution in [0.25, 0.3) is 0 Å². The number of fused-ring (bicyclic) bond motifs is 1. The van der Waals surface area contributed by atoms with Crippen molar-refractivity contribution < 1.29 is 14.3 Å². The molecule has 0 fully saturated rings. The second-order valence-electron chi connectivity index (χ2n) is 5.66. The number of ether oxygens (including phenoxy) is 2. The van der Waals surface area contributed by atoms with Gasteiger partial charge in [0.2, 0.25) is 0 Å². The van der Waals surface area contributed by atoms with E-state index < -0.39 is 0 Å². The standard InChI is InChI=1S/C19H21NO3/c1-22-19-12-18(7-6-17(19)14-21)23-11-10-20-9-8-15-4-2-3-5-16(15)13-20/h2-7,12,14H,8-11,13H2,1H3. The van der Waals surface area contributed by atoms with Gasteiger partial charge in [-0.3, -0.25) is 9.69 Å². The normalized spacial score (nSPS) is 14.1. The number of aldehydes is 1. The number of nitrogens with zero attached hydrogens (tertiary/aromatic N) is 1. The van der Waals surface area contributed by atoms with Gasteiger partial charge in [-0.05, 0) is 29.7 Å². The molecule has 0 bridgehead atoms. The highest BCUT2D eigenvalue weighted by Crippen LogP contribution is 2.23. The quantitative estimate of drug-likeness (QED) is 0.769.